The molecule has 0 bridgehead atoms. The van der Waals surface area contributed by atoms with Crippen LogP contribution in [0.3, 0.4) is 0 Å². The van der Waals surface area contributed by atoms with Crippen molar-refractivity contribution in [2.45, 2.75) is 26.3 Å². The number of carbonyl (C=O) groups is 3. The molecule has 1 aromatic carbocycles. The predicted molar refractivity (Wildman–Crippen MR) is 95.6 cm³/mol. The van der Waals surface area contributed by atoms with E-state index >= 15 is 0 Å². The quantitative estimate of drug-likeness (QED) is 0.805. The number of hydrogen-bond acceptors (Lipinski definition) is 5. The van der Waals surface area contributed by atoms with Crippen molar-refractivity contribution in [1.82, 2.24) is 10.2 Å². The van der Waals surface area contributed by atoms with E-state index in [0.717, 1.165) is 4.90 Å². The number of nitrogens with one attached hydrogen (secondary N) is 2. The van der Waals surface area contributed by atoms with Gasteiger partial charge in [-0.3, -0.25) is 14.5 Å². The summed E-state index contributed by atoms with van der Waals surface area (Å²) >= 11 is 0. The maximum absolute atomic E-state index is 12.9. The second kappa shape index (κ2) is 6.61. The summed E-state index contributed by atoms with van der Waals surface area (Å²) in [5, 5.41) is 14.1. The standard InChI is InChI=1S/C19H18N4O4/c1-11-7-15(12(2)27-11)19(3)17(25)23(18(26)22-19)10-16(24)21-14-6-4-5-13(8-14)9-20/h4-8H,10H2,1-3H3,(H,21,24)(H,22,26). The molecule has 27 heavy (non-hydrogen) atoms. The molecule has 8 nitrogen and oxygen atoms in total. The van der Waals surface area contributed by atoms with Crippen LogP contribution in [-0.4, -0.2) is 29.3 Å². The second-order valence-electron chi connectivity index (χ2n) is 6.51. The van der Waals surface area contributed by atoms with Gasteiger partial charge in [-0.1, -0.05) is 6.07 Å². The molecular formula is C19H18N4O4. The molecule has 2 N–H and O–H groups in total. The third-order valence-electron chi connectivity index (χ3n) is 4.43. The summed E-state index contributed by atoms with van der Waals surface area (Å²) in [6.07, 6.45) is 0. The zero-order chi connectivity index (χ0) is 19.8. The number of rotatable bonds is 4. The number of nitriles is 1. The first-order chi connectivity index (χ1) is 12.7. The van der Waals surface area contributed by atoms with Crippen molar-refractivity contribution >= 4 is 23.5 Å². The molecule has 2 heterocycles. The fraction of sp³-hybridized carbons (Fsp3) is 0.263. The molecule has 0 saturated carbocycles. The number of nitrogens with zero attached hydrogens (tertiary/aromatic N) is 2. The number of carbonyl (C=O) groups excluding carboxylic acids is 3. The van der Waals surface area contributed by atoms with E-state index in [9.17, 15) is 14.4 Å². The number of anilines is 1. The monoisotopic (exact) mass is 366 g/mol. The Morgan fingerprint density at radius 2 is 2.07 bits per heavy atom. The molecule has 4 amide bonds. The molecule has 1 aliphatic heterocycles. The molecule has 1 fully saturated rings. The molecule has 8 heteroatoms. The molecule has 1 atom stereocenters. The first-order valence-corrected chi connectivity index (χ1v) is 8.26. The number of amides is 4. The molecule has 0 spiro atoms. The van der Waals surface area contributed by atoms with E-state index in [4.69, 9.17) is 9.68 Å². The van der Waals surface area contributed by atoms with Crippen molar-refractivity contribution in [3.8, 4) is 6.07 Å². The van der Waals surface area contributed by atoms with Crippen molar-refractivity contribution in [2.75, 3.05) is 11.9 Å². The molecule has 1 aromatic heterocycles. The second-order valence-corrected chi connectivity index (χ2v) is 6.51. The Hall–Kier alpha value is -3.60. The van der Waals surface area contributed by atoms with Crippen molar-refractivity contribution in [2.24, 2.45) is 0 Å². The van der Waals surface area contributed by atoms with E-state index < -0.39 is 29.9 Å². The van der Waals surface area contributed by atoms with E-state index in [2.05, 4.69) is 10.6 Å². The zero-order valence-electron chi connectivity index (χ0n) is 15.1. The van der Waals surface area contributed by atoms with Crippen LogP contribution in [0.5, 0.6) is 0 Å². The third-order valence-corrected chi connectivity index (χ3v) is 4.43. The van der Waals surface area contributed by atoms with Gasteiger partial charge in [-0.15, -0.1) is 0 Å². The van der Waals surface area contributed by atoms with Crippen LogP contribution in [0, 0.1) is 25.2 Å². The number of imide groups is 1. The zero-order valence-corrected chi connectivity index (χ0v) is 15.1. The maximum atomic E-state index is 12.9. The van der Waals surface area contributed by atoms with E-state index in [1.165, 1.54) is 6.07 Å². The number of urea groups is 1. The number of furan rings is 1. The highest BCUT2D eigenvalue weighted by atomic mass is 16.3. The summed E-state index contributed by atoms with van der Waals surface area (Å²) in [6.45, 7) is 4.61. The van der Waals surface area contributed by atoms with Gasteiger partial charge in [-0.25, -0.2) is 4.79 Å². The molecule has 1 unspecified atom stereocenters. The van der Waals surface area contributed by atoms with E-state index in [1.807, 2.05) is 6.07 Å². The van der Waals surface area contributed by atoms with Gasteiger partial charge in [0.25, 0.3) is 5.91 Å². The molecule has 0 aliphatic carbocycles. The first kappa shape index (κ1) is 18.2. The van der Waals surface area contributed by atoms with Gasteiger partial charge in [0.05, 0.1) is 11.6 Å². The highest BCUT2D eigenvalue weighted by Crippen LogP contribution is 2.32. The molecule has 0 radical (unpaired) electrons. The van der Waals surface area contributed by atoms with Gasteiger partial charge in [-0.2, -0.15) is 5.26 Å². The van der Waals surface area contributed by atoms with Crippen LogP contribution >= 0.6 is 0 Å². The van der Waals surface area contributed by atoms with E-state index in [0.29, 0.717) is 28.3 Å². The van der Waals surface area contributed by atoms with Gasteiger partial charge in [0, 0.05) is 11.3 Å². The van der Waals surface area contributed by atoms with Crippen LogP contribution in [0.2, 0.25) is 0 Å². The topological polar surface area (TPSA) is 115 Å². The molecule has 1 aliphatic rings. The van der Waals surface area contributed by atoms with Gasteiger partial charge in [0.2, 0.25) is 5.91 Å². The predicted octanol–water partition coefficient (Wildman–Crippen LogP) is 2.17. The summed E-state index contributed by atoms with van der Waals surface area (Å²) in [5.74, 6) is 0.0814. The van der Waals surface area contributed by atoms with Crippen molar-refractivity contribution in [1.29, 1.82) is 5.26 Å². The minimum Gasteiger partial charge on any atom is -0.466 e. The Bertz CT molecular complexity index is 988. The molecule has 1 saturated heterocycles. The van der Waals surface area contributed by atoms with Crippen LogP contribution < -0.4 is 10.6 Å². The highest BCUT2D eigenvalue weighted by Gasteiger charge is 2.51. The summed E-state index contributed by atoms with van der Waals surface area (Å²) in [4.78, 5) is 38.3. The Balaban J connectivity index is 1.76. The van der Waals surface area contributed by atoms with Gasteiger partial charge in [0.15, 0.2) is 0 Å². The van der Waals surface area contributed by atoms with E-state index in [1.54, 1.807) is 45.0 Å². The van der Waals surface area contributed by atoms with Gasteiger partial charge < -0.3 is 15.1 Å². The van der Waals surface area contributed by atoms with Crippen LogP contribution in [-0.2, 0) is 15.1 Å². The minimum absolute atomic E-state index is 0.390. The third kappa shape index (κ3) is 3.27. The lowest BCUT2D eigenvalue weighted by Gasteiger charge is -2.21. The smallest absolute Gasteiger partial charge is 0.325 e. The minimum atomic E-state index is -1.29. The van der Waals surface area contributed by atoms with Gasteiger partial charge in [0.1, 0.15) is 23.6 Å². The van der Waals surface area contributed by atoms with Crippen LogP contribution in [0.25, 0.3) is 0 Å². The van der Waals surface area contributed by atoms with Crippen molar-refractivity contribution in [3.63, 3.8) is 0 Å². The van der Waals surface area contributed by atoms with E-state index in [-0.39, 0.29) is 0 Å². The summed E-state index contributed by atoms with van der Waals surface area (Å²) in [5.41, 5.74) is 0.0687. The molecular weight excluding hydrogens is 348 g/mol. The van der Waals surface area contributed by atoms with Crippen molar-refractivity contribution in [3.05, 3.63) is 53.0 Å². The molecule has 138 valence electrons. The SMILES string of the molecule is Cc1cc(C2(C)NC(=O)N(CC(=O)Nc3cccc(C#N)c3)C2=O)c(C)o1. The average Bonchev–Trinajstić information content (AvgIpc) is 3.07. The fourth-order valence-corrected chi connectivity index (χ4v) is 3.16. The first-order valence-electron chi connectivity index (χ1n) is 8.26. The van der Waals surface area contributed by atoms with Crippen LogP contribution in [0.15, 0.2) is 34.7 Å². The Kier molecular flexibility index (Phi) is 4.45. The normalized spacial score (nSPS) is 19.0. The number of benzene rings is 1. The van der Waals surface area contributed by atoms with Gasteiger partial charge >= 0.3 is 6.03 Å². The van der Waals surface area contributed by atoms with Crippen LogP contribution in [0.1, 0.15) is 29.6 Å². The van der Waals surface area contributed by atoms with Crippen molar-refractivity contribution < 1.29 is 18.8 Å². The lowest BCUT2D eigenvalue weighted by molar-refractivity contribution is -0.133. The number of hydrogen-bond donors (Lipinski definition) is 2. The lowest BCUT2D eigenvalue weighted by Crippen LogP contribution is -2.42. The molecule has 2 aromatic rings. The average molecular weight is 366 g/mol. The summed E-state index contributed by atoms with van der Waals surface area (Å²) in [7, 11) is 0. The maximum Gasteiger partial charge on any atom is 0.325 e. The number of aryl methyl sites for hydroxylation is 2. The Labute approximate surface area is 155 Å². The highest BCUT2D eigenvalue weighted by molar-refractivity contribution is 6.10. The summed E-state index contributed by atoms with van der Waals surface area (Å²) in [6, 6.07) is 9.38. The van der Waals surface area contributed by atoms with Crippen LogP contribution in [0.4, 0.5) is 10.5 Å². The largest absolute Gasteiger partial charge is 0.466 e. The summed E-state index contributed by atoms with van der Waals surface area (Å²) < 4.78 is 5.47. The Morgan fingerprint density at radius 1 is 1.33 bits per heavy atom. The fourth-order valence-electron chi connectivity index (χ4n) is 3.16. The Morgan fingerprint density at radius 3 is 2.70 bits per heavy atom. The van der Waals surface area contributed by atoms with Gasteiger partial charge in [-0.05, 0) is 45.0 Å². The molecule has 3 rings (SSSR count). The lowest BCUT2D eigenvalue weighted by atomic mass is 9.92.